The zero-order valence-corrected chi connectivity index (χ0v) is 33.0. The van der Waals surface area contributed by atoms with Crippen LogP contribution in [0, 0.1) is 25.7 Å². The van der Waals surface area contributed by atoms with Crippen LogP contribution in [0.15, 0.2) is 30.3 Å². The Morgan fingerprint density at radius 2 is 1.24 bits per heavy atom. The van der Waals surface area contributed by atoms with Gasteiger partial charge in [-0.05, 0) is 120 Å². The van der Waals surface area contributed by atoms with Crippen molar-refractivity contribution in [1.29, 1.82) is 0 Å². The summed E-state index contributed by atoms with van der Waals surface area (Å²) >= 11 is 0. The number of hydrogen-bond acceptors (Lipinski definition) is 15. The quantitative estimate of drug-likeness (QED) is 0.269. The molecule has 1 aromatic heterocycles. The second kappa shape index (κ2) is 14.1. The molecule has 10 atom stereocenters. The van der Waals surface area contributed by atoms with Crippen molar-refractivity contribution >= 4 is 23.9 Å². The number of aliphatic hydroxyl groups is 1. The number of carboxylic acid groups (broad SMARTS) is 1. The molecule has 310 valence electrons. The molecular weight excluding hydrogens is 766 g/mol. The van der Waals surface area contributed by atoms with Crippen LogP contribution in [-0.4, -0.2) is 126 Å². The van der Waals surface area contributed by atoms with Gasteiger partial charge in [-0.15, -0.1) is 0 Å². The second-order valence-electron chi connectivity index (χ2n) is 17.0. The monoisotopic (exact) mass is 811 g/mol. The van der Waals surface area contributed by atoms with Crippen LogP contribution < -0.4 is 18.9 Å². The molecule has 3 aromatic rings. The van der Waals surface area contributed by atoms with Crippen LogP contribution >= 0.6 is 0 Å². The smallest absolute Gasteiger partial charge is 0.340 e. The fourth-order valence-electron chi connectivity index (χ4n) is 11.1. The largest absolute Gasteiger partial charge is 0.478 e. The van der Waals surface area contributed by atoms with E-state index in [2.05, 4.69) is 21.8 Å². The van der Waals surface area contributed by atoms with E-state index in [9.17, 15) is 29.4 Å². The molecule has 0 bridgehead atoms. The van der Waals surface area contributed by atoms with Crippen LogP contribution in [0.5, 0.6) is 23.0 Å². The molecule has 0 amide bonds. The molecule has 16 nitrogen and oxygen atoms in total. The van der Waals surface area contributed by atoms with Crippen LogP contribution in [0.1, 0.15) is 101 Å². The molecule has 2 aromatic carbocycles. The van der Waals surface area contributed by atoms with E-state index in [0.29, 0.717) is 58.4 Å². The molecule has 4 fully saturated rings. The summed E-state index contributed by atoms with van der Waals surface area (Å²) in [5.41, 5.74) is 2.28. The second-order valence-corrected chi connectivity index (χ2v) is 17.0. The minimum atomic E-state index is -1.27. The topological polar surface area (TPSA) is 193 Å². The molecule has 5 aliphatic heterocycles. The van der Waals surface area contributed by atoms with E-state index >= 15 is 0 Å². The summed E-state index contributed by atoms with van der Waals surface area (Å²) in [5.74, 6) is -2.36. The van der Waals surface area contributed by atoms with Gasteiger partial charge in [-0.3, -0.25) is 4.98 Å². The average Bonchev–Trinajstić information content (AvgIpc) is 4.02. The molecule has 0 radical (unpaired) electrons. The number of likely N-dealkylation sites (N-methyl/N-ethyl adjacent to an activating group) is 2. The third-order valence-corrected chi connectivity index (χ3v) is 13.8. The number of carboxylic acids is 1. The van der Waals surface area contributed by atoms with Gasteiger partial charge in [-0.1, -0.05) is 0 Å². The van der Waals surface area contributed by atoms with Gasteiger partial charge < -0.3 is 53.2 Å². The summed E-state index contributed by atoms with van der Waals surface area (Å²) in [6, 6.07) is 7.78. The highest BCUT2D eigenvalue weighted by molar-refractivity contribution is 5.97. The number of benzene rings is 2. The Bertz CT molecular complexity index is 2300. The molecule has 6 heterocycles. The third kappa shape index (κ3) is 6.09. The average molecular weight is 812 g/mol. The van der Waals surface area contributed by atoms with Gasteiger partial charge >= 0.3 is 23.9 Å². The number of carbonyl (C=O) groups excluding carboxylic acids is 3. The summed E-state index contributed by atoms with van der Waals surface area (Å²) in [6.45, 7) is 4.86. The highest BCUT2D eigenvalue weighted by Gasteiger charge is 2.56. The van der Waals surface area contributed by atoms with Crippen LogP contribution in [0.25, 0.3) is 0 Å². The Balaban J connectivity index is 0.920. The SMILES string of the molecule is Cc1nc(C)c(C(=O)O[C@@H]2C[C@@H]3CCN(C)[C@@H]3[C@H]3c4cc5c(cc4C(=O)O[C@@H]32)OCO5)cc1C(=O)O[C@H]1C[C@H]2CCN(C)[C@@H]2[C@@H](c2cc3c(cc2C(=O)O)OCO3)[C@@H]1O. The molecule has 2 aliphatic carbocycles. The van der Waals surface area contributed by atoms with Crippen LogP contribution in [0.4, 0.5) is 0 Å². The van der Waals surface area contributed by atoms with Gasteiger partial charge in [-0.25, -0.2) is 19.2 Å². The van der Waals surface area contributed by atoms with Crippen LogP contribution in [0.2, 0.25) is 0 Å². The summed E-state index contributed by atoms with van der Waals surface area (Å²) < 4.78 is 40.8. The normalized spacial score (nSPS) is 31.4. The van der Waals surface area contributed by atoms with Gasteiger partial charge in [0.05, 0.1) is 39.7 Å². The van der Waals surface area contributed by atoms with Gasteiger partial charge in [0.15, 0.2) is 23.0 Å². The first-order valence-corrected chi connectivity index (χ1v) is 20.2. The van der Waals surface area contributed by atoms with Gasteiger partial charge in [0.2, 0.25) is 13.6 Å². The van der Waals surface area contributed by atoms with Crippen molar-refractivity contribution in [3.05, 3.63) is 75.1 Å². The van der Waals surface area contributed by atoms with Crippen molar-refractivity contribution in [3.63, 3.8) is 0 Å². The Hall–Kier alpha value is -5.45. The number of esters is 3. The van der Waals surface area contributed by atoms with Crippen molar-refractivity contribution in [3.8, 4) is 23.0 Å². The Morgan fingerprint density at radius 1 is 0.712 bits per heavy atom. The number of rotatable bonds is 6. The third-order valence-electron chi connectivity index (χ3n) is 13.8. The standard InChI is InChI=1S/C43H45N3O13/c1-18-22(41(50)57-32-9-20-5-7-45(3)36(20)34(38(32)47)24-12-28-30(55-16-53-28)14-26(24)40(48)49)11-23(19(2)44-18)42(51)58-33-10-21-6-8-46(4)37(21)35-25-13-29-31(56-17-54-29)15-27(25)43(52)59-39(33)35/h11-15,20-21,32-39,47H,5-10,16-17H2,1-4H3,(H,48,49)/t20-,21+,32+,33-,34-,35-,36+,37+,38-,39-/m1/s1. The molecule has 16 heteroatoms. The maximum Gasteiger partial charge on any atom is 0.340 e. The lowest BCUT2D eigenvalue weighted by atomic mass is 9.69. The van der Waals surface area contributed by atoms with E-state index in [0.717, 1.165) is 31.5 Å². The molecule has 0 spiro atoms. The number of pyridine rings is 1. The van der Waals surface area contributed by atoms with E-state index in [-0.39, 0.29) is 60.1 Å². The van der Waals surface area contributed by atoms with Crippen molar-refractivity contribution in [2.45, 2.75) is 87.9 Å². The van der Waals surface area contributed by atoms with Crippen molar-refractivity contribution in [2.24, 2.45) is 11.8 Å². The Labute approximate surface area is 339 Å². The number of fused-ring (bicyclic) bond motifs is 8. The lowest BCUT2D eigenvalue weighted by Gasteiger charge is -2.48. The molecule has 10 rings (SSSR count). The summed E-state index contributed by atoms with van der Waals surface area (Å²) in [5, 5.41) is 22.3. The first-order chi connectivity index (χ1) is 28.4. The highest BCUT2D eigenvalue weighted by Crippen LogP contribution is 2.52. The number of aryl methyl sites for hydroxylation is 2. The minimum Gasteiger partial charge on any atom is -0.478 e. The van der Waals surface area contributed by atoms with E-state index in [1.807, 2.05) is 13.1 Å². The molecule has 0 unspecified atom stereocenters. The lowest BCUT2D eigenvalue weighted by Crippen LogP contribution is -2.55. The van der Waals surface area contributed by atoms with Gasteiger partial charge in [0.25, 0.3) is 0 Å². The summed E-state index contributed by atoms with van der Waals surface area (Å²) in [4.78, 5) is 63.3. The van der Waals surface area contributed by atoms with Crippen molar-refractivity contribution in [1.82, 2.24) is 14.8 Å². The molecule has 2 saturated heterocycles. The minimum absolute atomic E-state index is 0.0118. The van der Waals surface area contributed by atoms with E-state index in [1.165, 1.54) is 12.1 Å². The van der Waals surface area contributed by atoms with Crippen LogP contribution in [0.3, 0.4) is 0 Å². The fourth-order valence-corrected chi connectivity index (χ4v) is 11.1. The Kier molecular flexibility index (Phi) is 9.03. The lowest BCUT2D eigenvalue weighted by molar-refractivity contribution is -0.0866. The van der Waals surface area contributed by atoms with E-state index < -0.39 is 54.2 Å². The number of carbonyl (C=O) groups is 4. The van der Waals surface area contributed by atoms with Gasteiger partial charge in [0, 0.05) is 23.9 Å². The molecule has 2 saturated carbocycles. The number of hydrogen-bond donors (Lipinski definition) is 2. The number of likely N-dealkylation sites (tertiary alicyclic amines) is 2. The van der Waals surface area contributed by atoms with Gasteiger partial charge in [-0.2, -0.15) is 0 Å². The van der Waals surface area contributed by atoms with E-state index in [1.54, 1.807) is 26.0 Å². The van der Waals surface area contributed by atoms with E-state index in [4.69, 9.17) is 33.2 Å². The number of aromatic nitrogens is 1. The number of aliphatic hydroxyl groups excluding tert-OH is 1. The molecule has 59 heavy (non-hydrogen) atoms. The summed E-state index contributed by atoms with van der Waals surface area (Å²) in [7, 11) is 4.00. The zero-order chi connectivity index (χ0) is 41.0. The van der Waals surface area contributed by atoms with Crippen molar-refractivity contribution < 1.29 is 62.5 Å². The fraction of sp³-hybridized carbons (Fsp3) is 0.512. The first-order valence-electron chi connectivity index (χ1n) is 20.2. The summed E-state index contributed by atoms with van der Waals surface area (Å²) in [6.07, 6.45) is -1.35. The predicted molar refractivity (Wildman–Crippen MR) is 203 cm³/mol. The Morgan fingerprint density at radius 3 is 1.85 bits per heavy atom. The maximum atomic E-state index is 14.2. The van der Waals surface area contributed by atoms with Crippen molar-refractivity contribution in [2.75, 3.05) is 40.8 Å². The first kappa shape index (κ1) is 37.8. The predicted octanol–water partition coefficient (Wildman–Crippen LogP) is 3.82. The number of ether oxygens (including phenoxy) is 7. The van der Waals surface area contributed by atoms with Crippen LogP contribution in [-0.2, 0) is 14.2 Å². The zero-order valence-electron chi connectivity index (χ0n) is 33.0. The maximum absolute atomic E-state index is 14.2. The number of aromatic carboxylic acids is 1. The highest BCUT2D eigenvalue weighted by atomic mass is 16.7. The molecule has 7 aliphatic rings. The molecule has 2 N–H and O–H groups in total. The number of nitrogens with zero attached hydrogens (tertiary/aromatic N) is 3. The van der Waals surface area contributed by atoms with Gasteiger partial charge in [0.1, 0.15) is 18.3 Å². The molecular formula is C43H45N3O13.